The average Bonchev–Trinajstić information content (AvgIpc) is 2.94. The van der Waals surface area contributed by atoms with E-state index in [0.29, 0.717) is 24.4 Å². The Morgan fingerprint density at radius 1 is 0.784 bits per heavy atom. The van der Waals surface area contributed by atoms with Crippen molar-refractivity contribution in [2.45, 2.75) is 13.3 Å². The van der Waals surface area contributed by atoms with E-state index in [1.165, 1.54) is 5.56 Å². The molecule has 0 fully saturated rings. The first-order valence-corrected chi connectivity index (χ1v) is 12.4. The van der Waals surface area contributed by atoms with Crippen LogP contribution < -0.4 is 20.3 Å². The molecule has 0 saturated heterocycles. The van der Waals surface area contributed by atoms with Crippen molar-refractivity contribution in [3.63, 3.8) is 0 Å². The fourth-order valence-electron chi connectivity index (χ4n) is 3.95. The molecule has 2 N–H and O–H groups in total. The highest BCUT2D eigenvalue weighted by Gasteiger charge is 2.16. The Kier molecular flexibility index (Phi) is 8.92. The summed E-state index contributed by atoms with van der Waals surface area (Å²) in [6.45, 7) is 3.13. The van der Waals surface area contributed by atoms with Crippen LogP contribution in [0.15, 0.2) is 109 Å². The third-order valence-electron chi connectivity index (χ3n) is 5.81. The first-order chi connectivity index (χ1) is 18.1. The van der Waals surface area contributed by atoms with Gasteiger partial charge in [-0.3, -0.25) is 9.59 Å². The second-order valence-corrected chi connectivity index (χ2v) is 8.48. The van der Waals surface area contributed by atoms with Crippen molar-refractivity contribution in [3.8, 4) is 5.75 Å². The first kappa shape index (κ1) is 25.5. The Hall–Kier alpha value is -4.58. The molecular formula is C31H31N3O3. The maximum atomic E-state index is 13.1. The van der Waals surface area contributed by atoms with Crippen LogP contribution in [0.5, 0.6) is 5.75 Å². The van der Waals surface area contributed by atoms with Gasteiger partial charge in [0.15, 0.2) is 0 Å². The van der Waals surface area contributed by atoms with Gasteiger partial charge in [0.25, 0.3) is 5.91 Å². The molecule has 0 aliphatic heterocycles. The zero-order valence-corrected chi connectivity index (χ0v) is 20.9. The molecule has 4 aromatic carbocycles. The first-order valence-electron chi connectivity index (χ1n) is 12.4. The quantitative estimate of drug-likeness (QED) is 0.268. The lowest BCUT2D eigenvalue weighted by molar-refractivity contribution is -0.114. The van der Waals surface area contributed by atoms with Crippen molar-refractivity contribution in [2.75, 3.05) is 35.2 Å². The molecule has 6 nitrogen and oxygen atoms in total. The van der Waals surface area contributed by atoms with Gasteiger partial charge in [0.2, 0.25) is 5.91 Å². The van der Waals surface area contributed by atoms with E-state index in [1.54, 1.807) is 29.2 Å². The SMILES string of the molecule is CCN(C(=O)c1cccc(NC(=O)CNc2cccc(OCCc3ccccc3)c2)c1)c1ccccc1. The molecule has 0 aliphatic carbocycles. The van der Waals surface area contributed by atoms with Crippen molar-refractivity contribution in [1.29, 1.82) is 0 Å². The summed E-state index contributed by atoms with van der Waals surface area (Å²) in [7, 11) is 0. The second-order valence-electron chi connectivity index (χ2n) is 8.48. The van der Waals surface area contributed by atoms with Crippen molar-refractivity contribution in [2.24, 2.45) is 0 Å². The van der Waals surface area contributed by atoms with Crippen LogP contribution in [0.25, 0.3) is 0 Å². The number of amides is 2. The Morgan fingerprint density at radius 3 is 2.24 bits per heavy atom. The fourth-order valence-corrected chi connectivity index (χ4v) is 3.95. The van der Waals surface area contributed by atoms with Gasteiger partial charge in [-0.05, 0) is 55.0 Å². The number of rotatable bonds is 11. The summed E-state index contributed by atoms with van der Waals surface area (Å²) in [5.74, 6) is 0.411. The van der Waals surface area contributed by atoms with Crippen molar-refractivity contribution in [1.82, 2.24) is 0 Å². The number of hydrogen-bond donors (Lipinski definition) is 2. The molecule has 0 aliphatic rings. The summed E-state index contributed by atoms with van der Waals surface area (Å²) in [6, 6.07) is 34.3. The van der Waals surface area contributed by atoms with Crippen LogP contribution in [0.4, 0.5) is 17.1 Å². The maximum Gasteiger partial charge on any atom is 0.258 e. The van der Waals surface area contributed by atoms with Crippen LogP contribution in [0.2, 0.25) is 0 Å². The minimum Gasteiger partial charge on any atom is -0.493 e. The number of benzene rings is 4. The molecule has 0 spiro atoms. The number of hydrogen-bond acceptors (Lipinski definition) is 4. The number of ether oxygens (including phenoxy) is 1. The van der Waals surface area contributed by atoms with Gasteiger partial charge in [0.1, 0.15) is 5.75 Å². The highest BCUT2D eigenvalue weighted by Crippen LogP contribution is 2.20. The van der Waals surface area contributed by atoms with Gasteiger partial charge < -0.3 is 20.3 Å². The zero-order chi connectivity index (χ0) is 25.9. The lowest BCUT2D eigenvalue weighted by atomic mass is 10.1. The fraction of sp³-hybridized carbons (Fsp3) is 0.161. The molecule has 0 aromatic heterocycles. The van der Waals surface area contributed by atoms with Crippen LogP contribution in [0, 0.1) is 0 Å². The molecule has 2 amide bonds. The number of para-hydroxylation sites is 1. The standard InChI is InChI=1S/C31H31N3O3/c1-2-34(28-16-7-4-8-17-28)31(36)25-13-9-15-27(21-25)33-30(35)23-32-26-14-10-18-29(22-26)37-20-19-24-11-5-3-6-12-24/h3-18,21-22,32H,2,19-20,23H2,1H3,(H,33,35). The molecule has 0 heterocycles. The van der Waals surface area contributed by atoms with Crippen molar-refractivity contribution in [3.05, 3.63) is 120 Å². The topological polar surface area (TPSA) is 70.7 Å². The number of nitrogens with zero attached hydrogens (tertiary/aromatic N) is 1. The van der Waals surface area contributed by atoms with Crippen LogP contribution in [-0.4, -0.2) is 31.5 Å². The van der Waals surface area contributed by atoms with Crippen molar-refractivity contribution >= 4 is 28.9 Å². The number of anilines is 3. The van der Waals surface area contributed by atoms with Crippen LogP contribution in [0.1, 0.15) is 22.8 Å². The lowest BCUT2D eigenvalue weighted by Crippen LogP contribution is -2.30. The van der Waals surface area contributed by atoms with Crippen LogP contribution in [0.3, 0.4) is 0 Å². The summed E-state index contributed by atoms with van der Waals surface area (Å²) in [4.78, 5) is 27.4. The molecule has 0 radical (unpaired) electrons. The van der Waals surface area contributed by atoms with Crippen LogP contribution >= 0.6 is 0 Å². The highest BCUT2D eigenvalue weighted by molar-refractivity contribution is 6.07. The van der Waals surface area contributed by atoms with Gasteiger partial charge >= 0.3 is 0 Å². The van der Waals surface area contributed by atoms with Crippen LogP contribution in [-0.2, 0) is 11.2 Å². The summed E-state index contributed by atoms with van der Waals surface area (Å²) in [5, 5.41) is 6.00. The summed E-state index contributed by atoms with van der Waals surface area (Å²) in [6.07, 6.45) is 0.823. The van der Waals surface area contributed by atoms with E-state index < -0.39 is 0 Å². The Morgan fingerprint density at radius 2 is 1.49 bits per heavy atom. The molecule has 0 saturated carbocycles. The van der Waals surface area contributed by atoms with E-state index >= 15 is 0 Å². The molecule has 4 aromatic rings. The van der Waals surface area contributed by atoms with E-state index in [1.807, 2.05) is 79.7 Å². The summed E-state index contributed by atoms with van der Waals surface area (Å²) in [5.41, 5.74) is 3.93. The summed E-state index contributed by atoms with van der Waals surface area (Å²) < 4.78 is 5.87. The lowest BCUT2D eigenvalue weighted by Gasteiger charge is -2.21. The molecule has 37 heavy (non-hydrogen) atoms. The smallest absolute Gasteiger partial charge is 0.258 e. The largest absolute Gasteiger partial charge is 0.493 e. The third-order valence-corrected chi connectivity index (χ3v) is 5.81. The number of nitrogens with one attached hydrogen (secondary N) is 2. The normalized spacial score (nSPS) is 10.4. The van der Waals surface area contributed by atoms with E-state index in [4.69, 9.17) is 4.74 Å². The van der Waals surface area contributed by atoms with E-state index in [2.05, 4.69) is 22.8 Å². The Balaban J connectivity index is 1.29. The Bertz CT molecular complexity index is 1310. The molecule has 4 rings (SSSR count). The van der Waals surface area contributed by atoms with Gasteiger partial charge in [0, 0.05) is 41.7 Å². The number of carbonyl (C=O) groups is 2. The third kappa shape index (κ3) is 7.45. The maximum absolute atomic E-state index is 13.1. The second kappa shape index (κ2) is 12.9. The molecular weight excluding hydrogens is 462 g/mol. The van der Waals surface area contributed by atoms with E-state index in [0.717, 1.165) is 23.5 Å². The number of carbonyl (C=O) groups excluding carboxylic acids is 2. The minimum absolute atomic E-state index is 0.0801. The average molecular weight is 494 g/mol. The van der Waals surface area contributed by atoms with Gasteiger partial charge in [-0.25, -0.2) is 0 Å². The predicted octanol–water partition coefficient (Wildman–Crippen LogP) is 6.03. The summed E-state index contributed by atoms with van der Waals surface area (Å²) >= 11 is 0. The molecule has 188 valence electrons. The van der Waals surface area contributed by atoms with Gasteiger partial charge in [-0.2, -0.15) is 0 Å². The van der Waals surface area contributed by atoms with Gasteiger partial charge in [0.05, 0.1) is 13.2 Å². The van der Waals surface area contributed by atoms with Gasteiger partial charge in [-0.15, -0.1) is 0 Å². The highest BCUT2D eigenvalue weighted by atomic mass is 16.5. The van der Waals surface area contributed by atoms with E-state index in [9.17, 15) is 9.59 Å². The zero-order valence-electron chi connectivity index (χ0n) is 20.9. The minimum atomic E-state index is -0.213. The predicted molar refractivity (Wildman–Crippen MR) is 149 cm³/mol. The van der Waals surface area contributed by atoms with Gasteiger partial charge in [-0.1, -0.05) is 60.7 Å². The Labute approximate surface area is 217 Å². The molecule has 0 atom stereocenters. The monoisotopic (exact) mass is 493 g/mol. The molecule has 0 unspecified atom stereocenters. The van der Waals surface area contributed by atoms with Crippen molar-refractivity contribution < 1.29 is 14.3 Å². The van der Waals surface area contributed by atoms with E-state index in [-0.39, 0.29) is 18.4 Å². The molecule has 0 bridgehead atoms. The molecule has 6 heteroatoms.